The summed E-state index contributed by atoms with van der Waals surface area (Å²) in [5, 5.41) is 4.59. The first kappa shape index (κ1) is 15.0. The lowest BCUT2D eigenvalue weighted by molar-refractivity contribution is 0.263. The molecule has 2 rings (SSSR count). The Balaban J connectivity index is 2.04. The molecular formula is C15H26BrN3. The lowest BCUT2D eigenvalue weighted by Crippen LogP contribution is -2.26. The maximum atomic E-state index is 4.59. The third-order valence-corrected chi connectivity index (χ3v) is 5.38. The van der Waals surface area contributed by atoms with Crippen LogP contribution in [-0.2, 0) is 13.1 Å². The van der Waals surface area contributed by atoms with Crippen LogP contribution in [0.5, 0.6) is 0 Å². The lowest BCUT2D eigenvalue weighted by Gasteiger charge is -2.20. The normalized spacial score (nSPS) is 21.6. The Hall–Kier alpha value is -0.350. The first-order valence-electron chi connectivity index (χ1n) is 7.59. The maximum absolute atomic E-state index is 4.59. The quantitative estimate of drug-likeness (QED) is 0.833. The van der Waals surface area contributed by atoms with Crippen molar-refractivity contribution in [3.05, 3.63) is 15.9 Å². The van der Waals surface area contributed by atoms with Gasteiger partial charge in [-0.1, -0.05) is 13.3 Å². The molecule has 1 aromatic rings. The molecule has 0 N–H and O–H groups in total. The largest absolute Gasteiger partial charge is 0.297 e. The number of nitrogens with zero attached hydrogens (tertiary/aromatic N) is 3. The van der Waals surface area contributed by atoms with Gasteiger partial charge in [-0.15, -0.1) is 0 Å². The van der Waals surface area contributed by atoms with Gasteiger partial charge in [0.05, 0.1) is 15.9 Å². The second kappa shape index (κ2) is 6.89. The zero-order chi connectivity index (χ0) is 13.8. The molecule has 0 saturated carbocycles. The minimum absolute atomic E-state index is 0.936. The summed E-state index contributed by atoms with van der Waals surface area (Å²) in [6.07, 6.45) is 5.44. The van der Waals surface area contributed by atoms with E-state index in [4.69, 9.17) is 0 Å². The first-order chi connectivity index (χ1) is 9.15. The van der Waals surface area contributed by atoms with Gasteiger partial charge in [-0.2, -0.15) is 5.10 Å². The van der Waals surface area contributed by atoms with Crippen molar-refractivity contribution >= 4 is 15.9 Å². The molecule has 0 radical (unpaired) electrons. The molecular weight excluding hydrogens is 302 g/mol. The van der Waals surface area contributed by atoms with Gasteiger partial charge in [0.1, 0.15) is 0 Å². The van der Waals surface area contributed by atoms with Crippen LogP contribution in [0.2, 0.25) is 0 Å². The van der Waals surface area contributed by atoms with Crippen molar-refractivity contribution in [3.8, 4) is 0 Å². The van der Waals surface area contributed by atoms with Gasteiger partial charge in [0.25, 0.3) is 0 Å². The van der Waals surface area contributed by atoms with E-state index in [9.17, 15) is 0 Å². The number of aryl methyl sites for hydroxylation is 2. The zero-order valence-electron chi connectivity index (χ0n) is 12.5. The molecule has 0 spiro atoms. The number of hydrogen-bond donors (Lipinski definition) is 0. The van der Waals surface area contributed by atoms with Gasteiger partial charge in [-0.25, -0.2) is 0 Å². The third kappa shape index (κ3) is 3.60. The molecule has 1 fully saturated rings. The molecule has 108 valence electrons. The standard InChI is InChI=1S/C15H26BrN3/c1-4-13-7-6-9-18(10-8-13)11-14-15(16)12(3)17-19(14)5-2/h13H,4-11H2,1-3H3. The molecule has 0 amide bonds. The third-order valence-electron chi connectivity index (χ3n) is 4.34. The highest BCUT2D eigenvalue weighted by Gasteiger charge is 2.19. The van der Waals surface area contributed by atoms with Crippen LogP contribution in [0.3, 0.4) is 0 Å². The van der Waals surface area contributed by atoms with Crippen molar-refractivity contribution in [1.82, 2.24) is 14.7 Å². The minimum atomic E-state index is 0.936. The fourth-order valence-corrected chi connectivity index (χ4v) is 3.43. The van der Waals surface area contributed by atoms with Crippen LogP contribution in [-0.4, -0.2) is 27.8 Å². The van der Waals surface area contributed by atoms with Crippen LogP contribution in [0.4, 0.5) is 0 Å². The van der Waals surface area contributed by atoms with Crippen molar-refractivity contribution < 1.29 is 0 Å². The number of likely N-dealkylation sites (tertiary alicyclic amines) is 1. The zero-order valence-corrected chi connectivity index (χ0v) is 14.0. The van der Waals surface area contributed by atoms with E-state index in [1.54, 1.807) is 0 Å². The second-order valence-electron chi connectivity index (χ2n) is 5.64. The fraction of sp³-hybridized carbons (Fsp3) is 0.800. The maximum Gasteiger partial charge on any atom is 0.0739 e. The average Bonchev–Trinajstić information content (AvgIpc) is 2.61. The Morgan fingerprint density at radius 2 is 2.05 bits per heavy atom. The van der Waals surface area contributed by atoms with E-state index in [-0.39, 0.29) is 0 Å². The summed E-state index contributed by atoms with van der Waals surface area (Å²) in [7, 11) is 0. The average molecular weight is 328 g/mol. The minimum Gasteiger partial charge on any atom is -0.297 e. The van der Waals surface area contributed by atoms with Gasteiger partial charge in [0.2, 0.25) is 0 Å². The summed E-state index contributed by atoms with van der Waals surface area (Å²) in [5.74, 6) is 0.936. The molecule has 4 heteroatoms. The Morgan fingerprint density at radius 3 is 2.74 bits per heavy atom. The van der Waals surface area contributed by atoms with E-state index < -0.39 is 0 Å². The van der Waals surface area contributed by atoms with Crippen molar-refractivity contribution in [2.24, 2.45) is 5.92 Å². The lowest BCUT2D eigenvalue weighted by atomic mass is 9.98. The molecule has 1 atom stereocenters. The van der Waals surface area contributed by atoms with Crippen LogP contribution in [0.15, 0.2) is 4.47 Å². The Kier molecular flexibility index (Phi) is 5.46. The van der Waals surface area contributed by atoms with Crippen LogP contribution in [0.1, 0.15) is 50.9 Å². The molecule has 1 aliphatic rings. The van der Waals surface area contributed by atoms with Crippen molar-refractivity contribution in [2.75, 3.05) is 13.1 Å². The number of aromatic nitrogens is 2. The van der Waals surface area contributed by atoms with Crippen LogP contribution < -0.4 is 0 Å². The van der Waals surface area contributed by atoms with E-state index in [0.717, 1.165) is 24.7 Å². The van der Waals surface area contributed by atoms with Gasteiger partial charge in [-0.05, 0) is 68.0 Å². The van der Waals surface area contributed by atoms with E-state index >= 15 is 0 Å². The van der Waals surface area contributed by atoms with Crippen LogP contribution in [0, 0.1) is 12.8 Å². The summed E-state index contributed by atoms with van der Waals surface area (Å²) in [6.45, 7) is 11.0. The summed E-state index contributed by atoms with van der Waals surface area (Å²) in [5.41, 5.74) is 2.45. The number of halogens is 1. The first-order valence-corrected chi connectivity index (χ1v) is 8.39. The van der Waals surface area contributed by atoms with Crippen molar-refractivity contribution in [1.29, 1.82) is 0 Å². The monoisotopic (exact) mass is 327 g/mol. The second-order valence-corrected chi connectivity index (χ2v) is 6.44. The van der Waals surface area contributed by atoms with Crippen molar-refractivity contribution in [2.45, 2.75) is 59.5 Å². The van der Waals surface area contributed by atoms with E-state index in [1.807, 2.05) is 0 Å². The predicted molar refractivity (Wildman–Crippen MR) is 83.2 cm³/mol. The number of rotatable bonds is 4. The Morgan fingerprint density at radius 1 is 1.26 bits per heavy atom. The molecule has 0 aliphatic carbocycles. The highest BCUT2D eigenvalue weighted by atomic mass is 79.9. The highest BCUT2D eigenvalue weighted by molar-refractivity contribution is 9.10. The number of hydrogen-bond acceptors (Lipinski definition) is 2. The fourth-order valence-electron chi connectivity index (χ4n) is 3.02. The SMILES string of the molecule is CCC1CCCN(Cc2c(Br)c(C)nn2CC)CC1. The summed E-state index contributed by atoms with van der Waals surface area (Å²) in [4.78, 5) is 2.60. The molecule has 1 saturated heterocycles. The van der Waals surface area contributed by atoms with Gasteiger partial charge in [0, 0.05) is 13.1 Å². The molecule has 1 aromatic heterocycles. The molecule has 1 aliphatic heterocycles. The van der Waals surface area contributed by atoms with Crippen molar-refractivity contribution in [3.63, 3.8) is 0 Å². The van der Waals surface area contributed by atoms with E-state index in [0.29, 0.717) is 0 Å². The van der Waals surface area contributed by atoms with Gasteiger partial charge >= 0.3 is 0 Å². The Labute approximate surface area is 125 Å². The van der Waals surface area contributed by atoms with E-state index in [1.165, 1.54) is 48.9 Å². The predicted octanol–water partition coefficient (Wildman–Crippen LogP) is 3.99. The summed E-state index contributed by atoms with van der Waals surface area (Å²) >= 11 is 3.70. The van der Waals surface area contributed by atoms with Gasteiger partial charge < -0.3 is 0 Å². The van der Waals surface area contributed by atoms with Gasteiger partial charge in [-0.3, -0.25) is 9.58 Å². The topological polar surface area (TPSA) is 21.1 Å². The highest BCUT2D eigenvalue weighted by Crippen LogP contribution is 2.25. The summed E-state index contributed by atoms with van der Waals surface area (Å²) < 4.78 is 3.34. The Bertz CT molecular complexity index is 414. The molecule has 19 heavy (non-hydrogen) atoms. The van der Waals surface area contributed by atoms with Gasteiger partial charge in [0.15, 0.2) is 0 Å². The molecule has 0 aromatic carbocycles. The molecule has 3 nitrogen and oxygen atoms in total. The molecule has 0 bridgehead atoms. The summed E-state index contributed by atoms with van der Waals surface area (Å²) in [6, 6.07) is 0. The molecule has 2 heterocycles. The smallest absolute Gasteiger partial charge is 0.0739 e. The van der Waals surface area contributed by atoms with E-state index in [2.05, 4.69) is 51.4 Å². The van der Waals surface area contributed by atoms with Crippen LogP contribution in [0.25, 0.3) is 0 Å². The molecule has 1 unspecified atom stereocenters. The van der Waals surface area contributed by atoms with Crippen LogP contribution >= 0.6 is 15.9 Å².